The largest absolute Gasteiger partial charge is 0.493 e. The summed E-state index contributed by atoms with van der Waals surface area (Å²) >= 11 is 0. The van der Waals surface area contributed by atoms with Crippen LogP contribution in [0.1, 0.15) is 17.0 Å². The van der Waals surface area contributed by atoms with E-state index in [1.54, 1.807) is 20.4 Å². The fourth-order valence-electron chi connectivity index (χ4n) is 2.24. The molecule has 0 aliphatic heterocycles. The Labute approximate surface area is 125 Å². The molecule has 1 heterocycles. The van der Waals surface area contributed by atoms with Crippen molar-refractivity contribution in [2.45, 2.75) is 19.5 Å². The van der Waals surface area contributed by atoms with Crippen LogP contribution in [-0.2, 0) is 19.5 Å². The van der Waals surface area contributed by atoms with E-state index in [0.29, 0.717) is 6.54 Å². The molecule has 21 heavy (non-hydrogen) atoms. The minimum absolute atomic E-state index is 0.693. The van der Waals surface area contributed by atoms with Gasteiger partial charge in [-0.05, 0) is 18.1 Å². The highest BCUT2D eigenvalue weighted by molar-refractivity contribution is 5.50. The van der Waals surface area contributed by atoms with Gasteiger partial charge in [-0.15, -0.1) is 6.58 Å². The van der Waals surface area contributed by atoms with Gasteiger partial charge in [-0.2, -0.15) is 0 Å². The van der Waals surface area contributed by atoms with E-state index in [9.17, 15) is 0 Å². The molecule has 112 valence electrons. The summed E-state index contributed by atoms with van der Waals surface area (Å²) in [6, 6.07) is 4.10. The first-order valence-corrected chi connectivity index (χ1v) is 6.82. The van der Waals surface area contributed by atoms with Gasteiger partial charge < -0.3 is 19.8 Å². The lowest BCUT2D eigenvalue weighted by Crippen LogP contribution is -2.14. The number of nitrogens with zero attached hydrogens (tertiary/aromatic N) is 1. The van der Waals surface area contributed by atoms with Gasteiger partial charge in [0.25, 0.3) is 0 Å². The van der Waals surface area contributed by atoms with Crippen LogP contribution in [0.5, 0.6) is 11.5 Å². The van der Waals surface area contributed by atoms with Gasteiger partial charge in [-0.25, -0.2) is 4.98 Å². The average molecular weight is 287 g/mol. The van der Waals surface area contributed by atoms with Crippen molar-refractivity contribution in [3.8, 4) is 11.5 Å². The number of methoxy groups -OCH3 is 2. The third kappa shape index (κ3) is 3.86. The Kier molecular flexibility index (Phi) is 5.40. The summed E-state index contributed by atoms with van der Waals surface area (Å²) in [4.78, 5) is 7.24. The molecule has 2 N–H and O–H groups in total. The topological polar surface area (TPSA) is 59.2 Å². The van der Waals surface area contributed by atoms with Gasteiger partial charge in [0, 0.05) is 24.5 Å². The molecule has 0 spiro atoms. The molecular formula is C16H21N3O2. The monoisotopic (exact) mass is 287 g/mol. The maximum Gasteiger partial charge on any atom is 0.164 e. The zero-order chi connectivity index (χ0) is 15.1. The number of rotatable bonds is 8. The molecule has 0 aliphatic carbocycles. The first-order valence-electron chi connectivity index (χ1n) is 6.82. The van der Waals surface area contributed by atoms with Crippen molar-refractivity contribution < 1.29 is 9.47 Å². The zero-order valence-electron chi connectivity index (χ0n) is 12.5. The Hall–Kier alpha value is -2.27. The van der Waals surface area contributed by atoms with Gasteiger partial charge in [0.1, 0.15) is 5.82 Å². The number of allylic oxidation sites excluding steroid dienone is 1. The van der Waals surface area contributed by atoms with E-state index < -0.39 is 0 Å². The molecule has 2 rings (SSSR count). The predicted molar refractivity (Wildman–Crippen MR) is 82.6 cm³/mol. The lowest BCUT2D eigenvalue weighted by atomic mass is 10.1. The fourth-order valence-corrected chi connectivity index (χ4v) is 2.24. The highest BCUT2D eigenvalue weighted by Gasteiger charge is 2.11. The van der Waals surface area contributed by atoms with Gasteiger partial charge >= 0.3 is 0 Å². The summed E-state index contributed by atoms with van der Waals surface area (Å²) < 4.78 is 10.8. The Morgan fingerprint density at radius 3 is 2.76 bits per heavy atom. The van der Waals surface area contributed by atoms with Crippen LogP contribution in [-0.4, -0.2) is 24.2 Å². The van der Waals surface area contributed by atoms with Crippen LogP contribution < -0.4 is 14.8 Å². The highest BCUT2D eigenvalue weighted by Crippen LogP contribution is 2.33. The van der Waals surface area contributed by atoms with Crippen molar-refractivity contribution in [1.29, 1.82) is 0 Å². The van der Waals surface area contributed by atoms with Gasteiger partial charge in [0.15, 0.2) is 11.5 Å². The van der Waals surface area contributed by atoms with Crippen molar-refractivity contribution in [3.05, 3.63) is 54.1 Å². The summed E-state index contributed by atoms with van der Waals surface area (Å²) in [5, 5.41) is 3.35. The minimum atomic E-state index is 0.693. The quantitative estimate of drug-likeness (QED) is 0.732. The Balaban J connectivity index is 2.11. The third-order valence-corrected chi connectivity index (χ3v) is 3.16. The number of aromatic nitrogens is 2. The van der Waals surface area contributed by atoms with Crippen LogP contribution in [0.3, 0.4) is 0 Å². The van der Waals surface area contributed by atoms with Crippen LogP contribution in [0.15, 0.2) is 37.2 Å². The zero-order valence-corrected chi connectivity index (χ0v) is 12.5. The minimum Gasteiger partial charge on any atom is -0.493 e. The van der Waals surface area contributed by atoms with Gasteiger partial charge in [0.05, 0.1) is 20.8 Å². The van der Waals surface area contributed by atoms with Crippen LogP contribution in [0.4, 0.5) is 0 Å². The molecule has 1 aromatic heterocycles. The number of aromatic amines is 1. The molecule has 0 amide bonds. The third-order valence-electron chi connectivity index (χ3n) is 3.16. The van der Waals surface area contributed by atoms with Gasteiger partial charge in [-0.3, -0.25) is 0 Å². The van der Waals surface area contributed by atoms with E-state index >= 15 is 0 Å². The molecule has 5 nitrogen and oxygen atoms in total. The summed E-state index contributed by atoms with van der Waals surface area (Å²) in [7, 11) is 3.30. The second kappa shape index (κ2) is 7.50. The number of imidazole rings is 1. The SMILES string of the molecule is C=CCc1cc(CNCc2ncc[nH]2)cc(OC)c1OC. The number of nitrogens with one attached hydrogen (secondary N) is 2. The van der Waals surface area contributed by atoms with Crippen LogP contribution in [0.25, 0.3) is 0 Å². The van der Waals surface area contributed by atoms with Gasteiger partial charge in [-0.1, -0.05) is 12.1 Å². The summed E-state index contributed by atoms with van der Waals surface area (Å²) in [6.07, 6.45) is 6.16. The molecule has 0 fully saturated rings. The number of hydrogen-bond donors (Lipinski definition) is 2. The molecule has 0 saturated carbocycles. The fraction of sp³-hybridized carbons (Fsp3) is 0.312. The number of H-pyrrole nitrogens is 1. The molecule has 0 bridgehead atoms. The maximum atomic E-state index is 5.43. The first kappa shape index (κ1) is 15.1. The lowest BCUT2D eigenvalue weighted by Gasteiger charge is -2.14. The van der Waals surface area contributed by atoms with E-state index in [-0.39, 0.29) is 0 Å². The molecule has 0 saturated heterocycles. The molecule has 0 atom stereocenters. The van der Waals surface area contributed by atoms with E-state index in [1.807, 2.05) is 18.3 Å². The number of benzene rings is 1. The second-order valence-corrected chi connectivity index (χ2v) is 4.62. The van der Waals surface area contributed by atoms with Crippen molar-refractivity contribution in [2.24, 2.45) is 0 Å². The van der Waals surface area contributed by atoms with Crippen molar-refractivity contribution in [3.63, 3.8) is 0 Å². The van der Waals surface area contributed by atoms with Crippen molar-refractivity contribution >= 4 is 0 Å². The molecule has 0 unspecified atom stereocenters. The summed E-state index contributed by atoms with van der Waals surface area (Å²) in [5.74, 6) is 2.43. The number of ether oxygens (including phenoxy) is 2. The molecule has 0 aliphatic rings. The summed E-state index contributed by atoms with van der Waals surface area (Å²) in [5.41, 5.74) is 2.21. The Bertz CT molecular complexity index is 579. The van der Waals surface area contributed by atoms with Gasteiger partial charge in [0.2, 0.25) is 0 Å². The number of hydrogen-bond acceptors (Lipinski definition) is 4. The first-order chi connectivity index (χ1) is 10.3. The second-order valence-electron chi connectivity index (χ2n) is 4.62. The molecule has 0 radical (unpaired) electrons. The molecule has 2 aromatic rings. The standard InChI is InChI=1S/C16H21N3O2/c1-4-5-13-8-12(9-14(20-2)16(13)21-3)10-17-11-15-18-6-7-19-15/h4,6-9,17H,1,5,10-11H2,2-3H3,(H,18,19). The lowest BCUT2D eigenvalue weighted by molar-refractivity contribution is 0.351. The van der Waals surface area contributed by atoms with Crippen LogP contribution in [0, 0.1) is 0 Å². The normalized spacial score (nSPS) is 10.4. The average Bonchev–Trinajstić information content (AvgIpc) is 3.00. The Morgan fingerprint density at radius 1 is 1.29 bits per heavy atom. The van der Waals surface area contributed by atoms with Crippen LogP contribution in [0.2, 0.25) is 0 Å². The molecular weight excluding hydrogens is 266 g/mol. The van der Waals surface area contributed by atoms with Crippen LogP contribution >= 0.6 is 0 Å². The predicted octanol–water partition coefficient (Wildman–Crippen LogP) is 2.45. The maximum absolute atomic E-state index is 5.43. The Morgan fingerprint density at radius 2 is 2.14 bits per heavy atom. The molecule has 1 aromatic carbocycles. The summed E-state index contributed by atoms with van der Waals surface area (Å²) in [6.45, 7) is 5.21. The van der Waals surface area contributed by atoms with Crippen molar-refractivity contribution in [1.82, 2.24) is 15.3 Å². The van der Waals surface area contributed by atoms with E-state index in [1.165, 1.54) is 0 Å². The molecule has 5 heteroatoms. The van der Waals surface area contributed by atoms with E-state index in [4.69, 9.17) is 9.47 Å². The van der Waals surface area contributed by atoms with Crippen molar-refractivity contribution in [2.75, 3.05) is 14.2 Å². The smallest absolute Gasteiger partial charge is 0.164 e. The van der Waals surface area contributed by atoms with E-state index in [0.717, 1.165) is 41.4 Å². The highest BCUT2D eigenvalue weighted by atomic mass is 16.5. The van der Waals surface area contributed by atoms with E-state index in [2.05, 4.69) is 27.9 Å².